The van der Waals surface area contributed by atoms with Crippen molar-refractivity contribution in [2.24, 2.45) is 5.92 Å². The van der Waals surface area contributed by atoms with E-state index in [9.17, 15) is 22.7 Å². The Balaban J connectivity index is 1.30. The highest BCUT2D eigenvalue weighted by atomic mass is 32.1. The number of benzene rings is 1. The van der Waals surface area contributed by atoms with E-state index < -0.39 is 17.9 Å². The Kier molecular flexibility index (Phi) is 7.41. The molecule has 0 saturated heterocycles. The molecular formula is C28H28F4N6O2S. The van der Waals surface area contributed by atoms with E-state index >= 15 is 0 Å². The third-order valence-corrected chi connectivity index (χ3v) is 8.45. The molecule has 13 heteroatoms. The molecule has 0 radical (unpaired) electrons. The Hall–Kier alpha value is -3.58. The van der Waals surface area contributed by atoms with Crippen molar-refractivity contribution in [2.75, 3.05) is 17.2 Å². The number of aliphatic hydroxyl groups is 1. The molecule has 4 aromatic rings. The maximum absolute atomic E-state index is 14.2. The standard InChI is InChI=1S/C28H28F4N6O2S/c1-14-22(26-37-24-21(41-26)8-9-33-23(24)17-4-5-17)25(36-18-6-2-16(10-18)13-39)38-27(35-14)34-12-15-3-7-20(19(29)11-15)40-28(30,31)32/h3,7-9,11,16-18,39H,2,4-6,10,12-13H2,1H3,(H2,34,35,36,38). The van der Waals surface area contributed by atoms with Crippen molar-refractivity contribution in [1.82, 2.24) is 19.9 Å². The fourth-order valence-corrected chi connectivity index (χ4v) is 6.33. The van der Waals surface area contributed by atoms with Gasteiger partial charge in [-0.05, 0) is 68.7 Å². The summed E-state index contributed by atoms with van der Waals surface area (Å²) in [5.41, 5.74) is 3.79. The summed E-state index contributed by atoms with van der Waals surface area (Å²) in [7, 11) is 0. The molecule has 41 heavy (non-hydrogen) atoms. The maximum atomic E-state index is 14.2. The summed E-state index contributed by atoms with van der Waals surface area (Å²) in [6, 6.07) is 5.35. The Labute approximate surface area is 237 Å². The molecule has 6 rings (SSSR count). The van der Waals surface area contributed by atoms with Gasteiger partial charge in [-0.1, -0.05) is 6.07 Å². The highest BCUT2D eigenvalue weighted by molar-refractivity contribution is 7.21. The molecule has 0 bridgehead atoms. The molecule has 2 aliphatic carbocycles. The lowest BCUT2D eigenvalue weighted by Crippen LogP contribution is -2.19. The van der Waals surface area contributed by atoms with Gasteiger partial charge in [-0.25, -0.2) is 14.4 Å². The lowest BCUT2D eigenvalue weighted by Gasteiger charge is -2.18. The lowest BCUT2D eigenvalue weighted by molar-refractivity contribution is -0.275. The van der Waals surface area contributed by atoms with Gasteiger partial charge in [-0.15, -0.1) is 24.5 Å². The third kappa shape index (κ3) is 6.20. The number of aryl methyl sites for hydroxylation is 1. The van der Waals surface area contributed by atoms with Crippen molar-refractivity contribution in [1.29, 1.82) is 0 Å². The molecule has 1 aromatic carbocycles. The van der Waals surface area contributed by atoms with Gasteiger partial charge in [0.05, 0.1) is 21.7 Å². The number of ether oxygens (including phenoxy) is 1. The van der Waals surface area contributed by atoms with Crippen molar-refractivity contribution < 1.29 is 27.4 Å². The SMILES string of the molecule is Cc1nc(NCc2ccc(OC(F)(F)F)c(F)c2)nc(NC2CCC(CO)C2)c1-c1nc2c(C3CC3)nccc2s1. The Morgan fingerprint density at radius 1 is 1.10 bits per heavy atom. The molecule has 3 heterocycles. The number of hydrogen-bond donors (Lipinski definition) is 3. The van der Waals surface area contributed by atoms with Crippen molar-refractivity contribution in [3.8, 4) is 16.3 Å². The third-order valence-electron chi connectivity index (χ3n) is 7.42. The molecule has 0 amide bonds. The molecule has 216 valence electrons. The predicted octanol–water partition coefficient (Wildman–Crippen LogP) is 6.56. The maximum Gasteiger partial charge on any atom is 0.573 e. The van der Waals surface area contributed by atoms with Crippen LogP contribution in [-0.4, -0.2) is 44.1 Å². The van der Waals surface area contributed by atoms with Crippen molar-refractivity contribution in [3.63, 3.8) is 0 Å². The van der Waals surface area contributed by atoms with Crippen LogP contribution < -0.4 is 15.4 Å². The van der Waals surface area contributed by atoms with E-state index in [4.69, 9.17) is 9.97 Å². The number of rotatable bonds is 9. The average molecular weight is 589 g/mol. The summed E-state index contributed by atoms with van der Waals surface area (Å²) < 4.78 is 56.4. The Morgan fingerprint density at radius 2 is 1.93 bits per heavy atom. The van der Waals surface area contributed by atoms with Crippen LogP contribution in [0.4, 0.5) is 29.3 Å². The fraction of sp³-hybridized carbons (Fsp3) is 0.429. The highest BCUT2D eigenvalue weighted by Crippen LogP contribution is 2.44. The minimum atomic E-state index is -4.98. The first kappa shape index (κ1) is 27.6. The molecular weight excluding hydrogens is 560 g/mol. The van der Waals surface area contributed by atoms with E-state index in [2.05, 4.69) is 25.3 Å². The minimum absolute atomic E-state index is 0.0784. The van der Waals surface area contributed by atoms with E-state index in [0.717, 1.165) is 70.7 Å². The van der Waals surface area contributed by atoms with Crippen molar-refractivity contribution >= 4 is 33.3 Å². The van der Waals surface area contributed by atoms with Crippen LogP contribution in [0.2, 0.25) is 0 Å². The summed E-state index contributed by atoms with van der Waals surface area (Å²) in [6.45, 7) is 2.08. The zero-order valence-corrected chi connectivity index (χ0v) is 22.9. The molecule has 2 atom stereocenters. The van der Waals surface area contributed by atoms with Gasteiger partial charge in [0.25, 0.3) is 0 Å². The number of nitrogens with one attached hydrogen (secondary N) is 2. The van der Waals surface area contributed by atoms with Crippen LogP contribution in [0.15, 0.2) is 30.5 Å². The van der Waals surface area contributed by atoms with Crippen LogP contribution in [0.1, 0.15) is 55.0 Å². The van der Waals surface area contributed by atoms with Gasteiger partial charge in [-0.3, -0.25) is 4.98 Å². The Bertz CT molecular complexity index is 1580. The van der Waals surface area contributed by atoms with Crippen molar-refractivity contribution in [3.05, 3.63) is 53.2 Å². The normalized spacial score (nSPS) is 19.1. The van der Waals surface area contributed by atoms with Gasteiger partial charge in [-0.2, -0.15) is 4.98 Å². The van der Waals surface area contributed by atoms with Gasteiger partial charge in [0, 0.05) is 31.3 Å². The molecule has 2 saturated carbocycles. The molecule has 2 unspecified atom stereocenters. The number of aliphatic hydroxyl groups excluding tert-OH is 1. The van der Waals surface area contributed by atoms with Crippen molar-refractivity contribution in [2.45, 2.75) is 63.9 Å². The van der Waals surface area contributed by atoms with Crippen LogP contribution >= 0.6 is 11.3 Å². The molecule has 3 aromatic heterocycles. The summed E-state index contributed by atoms with van der Waals surface area (Å²) in [6.07, 6.45) is 1.68. The van der Waals surface area contributed by atoms with Crippen LogP contribution in [0.3, 0.4) is 0 Å². The zero-order chi connectivity index (χ0) is 28.7. The van der Waals surface area contributed by atoms with Crippen LogP contribution in [0.5, 0.6) is 5.75 Å². The molecule has 3 N–H and O–H groups in total. The van der Waals surface area contributed by atoms with E-state index in [1.165, 1.54) is 6.07 Å². The fourth-order valence-electron chi connectivity index (χ4n) is 5.26. The molecule has 0 aliphatic heterocycles. The van der Waals surface area contributed by atoms with Gasteiger partial charge < -0.3 is 20.5 Å². The summed E-state index contributed by atoms with van der Waals surface area (Å²) in [4.78, 5) is 19.0. The molecule has 2 fully saturated rings. The first-order chi connectivity index (χ1) is 19.7. The second kappa shape index (κ2) is 11.0. The smallest absolute Gasteiger partial charge is 0.403 e. The number of thiazole rings is 1. The largest absolute Gasteiger partial charge is 0.573 e. The summed E-state index contributed by atoms with van der Waals surface area (Å²) in [5, 5.41) is 17.0. The number of nitrogens with zero attached hydrogens (tertiary/aromatic N) is 4. The van der Waals surface area contributed by atoms with E-state index in [1.807, 2.05) is 19.2 Å². The number of hydrogen-bond acceptors (Lipinski definition) is 9. The minimum Gasteiger partial charge on any atom is -0.403 e. The number of pyridine rings is 1. The van der Waals surface area contributed by atoms with E-state index in [0.29, 0.717) is 23.0 Å². The monoisotopic (exact) mass is 588 g/mol. The molecule has 0 spiro atoms. The number of fused-ring (bicyclic) bond motifs is 1. The summed E-state index contributed by atoms with van der Waals surface area (Å²) in [5.74, 6) is -0.454. The molecule has 8 nitrogen and oxygen atoms in total. The summed E-state index contributed by atoms with van der Waals surface area (Å²) >= 11 is 1.56. The zero-order valence-electron chi connectivity index (χ0n) is 22.1. The topological polar surface area (TPSA) is 105 Å². The first-order valence-electron chi connectivity index (χ1n) is 13.5. The van der Waals surface area contributed by atoms with Gasteiger partial charge >= 0.3 is 6.36 Å². The van der Waals surface area contributed by atoms with Crippen LogP contribution in [0, 0.1) is 18.7 Å². The Morgan fingerprint density at radius 3 is 2.63 bits per heavy atom. The number of anilines is 2. The van der Waals surface area contributed by atoms with Gasteiger partial charge in [0.1, 0.15) is 16.3 Å². The lowest BCUT2D eigenvalue weighted by atomic mass is 10.1. The highest BCUT2D eigenvalue weighted by Gasteiger charge is 2.33. The second-order valence-corrected chi connectivity index (χ2v) is 11.6. The number of halogens is 4. The molecule has 2 aliphatic rings. The number of aromatic nitrogens is 4. The van der Waals surface area contributed by atoms with E-state index in [-0.39, 0.29) is 31.1 Å². The quantitative estimate of drug-likeness (QED) is 0.189. The first-order valence-corrected chi connectivity index (χ1v) is 14.3. The van der Waals surface area contributed by atoms with Crippen LogP contribution in [0.25, 0.3) is 20.8 Å². The van der Waals surface area contributed by atoms with Gasteiger partial charge in [0.15, 0.2) is 11.6 Å². The predicted molar refractivity (Wildman–Crippen MR) is 147 cm³/mol. The number of alkyl halides is 3. The van der Waals surface area contributed by atoms with Crippen LogP contribution in [-0.2, 0) is 6.54 Å². The van der Waals surface area contributed by atoms with E-state index in [1.54, 1.807) is 11.3 Å². The average Bonchev–Trinajstić information content (AvgIpc) is 3.51. The second-order valence-electron chi connectivity index (χ2n) is 10.6. The van der Waals surface area contributed by atoms with Gasteiger partial charge in [0.2, 0.25) is 5.95 Å².